The van der Waals surface area contributed by atoms with E-state index < -0.39 is 0 Å². The highest BCUT2D eigenvalue weighted by molar-refractivity contribution is 5.39. The normalized spacial score (nSPS) is 12.7. The number of rotatable bonds is 1. The van der Waals surface area contributed by atoms with Crippen molar-refractivity contribution >= 4 is 0 Å². The molecule has 0 atom stereocenters. The monoisotopic (exact) mass is 272 g/mol. The number of phenols is 1. The summed E-state index contributed by atoms with van der Waals surface area (Å²) in [6, 6.07) is 9.36. The van der Waals surface area contributed by atoms with Crippen LogP contribution in [0.3, 0.4) is 0 Å². The first-order valence-electron chi connectivity index (χ1n) is 6.99. The molecule has 0 aliphatic heterocycles. The summed E-state index contributed by atoms with van der Waals surface area (Å²) in [6.07, 6.45) is 0. The third-order valence-corrected chi connectivity index (χ3v) is 3.34. The molecule has 0 aliphatic carbocycles. The zero-order chi connectivity index (χ0) is 15.1. The van der Waals surface area contributed by atoms with Gasteiger partial charge < -0.3 is 5.11 Å². The highest BCUT2D eigenvalue weighted by Gasteiger charge is 2.26. The Hall–Kier alpha value is -1.77. The summed E-state index contributed by atoms with van der Waals surface area (Å²) in [7, 11) is 0. The molecule has 0 radical (unpaired) electrons. The van der Waals surface area contributed by atoms with Gasteiger partial charge >= 0.3 is 0 Å². The van der Waals surface area contributed by atoms with Crippen molar-refractivity contribution in [2.45, 2.75) is 52.4 Å². The van der Waals surface area contributed by atoms with Crippen molar-refractivity contribution < 1.29 is 5.11 Å². The Morgan fingerprint density at radius 3 is 1.90 bits per heavy atom. The number of nitrogens with zero attached hydrogens (tertiary/aromatic N) is 2. The molecular weight excluding hydrogens is 248 g/mol. The van der Waals surface area contributed by atoms with Crippen LogP contribution < -0.4 is 0 Å². The molecule has 1 aromatic heterocycles. The number of hydrogen-bond acceptors (Lipinski definition) is 2. The van der Waals surface area contributed by atoms with Gasteiger partial charge in [-0.2, -0.15) is 5.10 Å². The van der Waals surface area contributed by atoms with Crippen LogP contribution in [0.5, 0.6) is 5.75 Å². The van der Waals surface area contributed by atoms with E-state index in [-0.39, 0.29) is 16.6 Å². The number of hydrogen-bond donors (Lipinski definition) is 1. The van der Waals surface area contributed by atoms with Gasteiger partial charge in [0, 0.05) is 16.5 Å². The SMILES string of the molecule is CC(C)(C)c1cc(C(C)(C)C)n(-c2ccc(O)cc2)n1. The summed E-state index contributed by atoms with van der Waals surface area (Å²) < 4.78 is 1.99. The minimum absolute atomic E-state index is 0.00832. The van der Waals surface area contributed by atoms with Gasteiger partial charge in [0.15, 0.2) is 0 Å². The summed E-state index contributed by atoms with van der Waals surface area (Å²) in [4.78, 5) is 0. The summed E-state index contributed by atoms with van der Waals surface area (Å²) in [6.45, 7) is 13.1. The topological polar surface area (TPSA) is 38.0 Å². The van der Waals surface area contributed by atoms with Crippen molar-refractivity contribution in [2.24, 2.45) is 0 Å². The second kappa shape index (κ2) is 4.65. The maximum absolute atomic E-state index is 9.44. The summed E-state index contributed by atoms with van der Waals surface area (Å²) in [5, 5.41) is 14.2. The van der Waals surface area contributed by atoms with E-state index in [4.69, 9.17) is 5.10 Å². The average Bonchev–Trinajstić information content (AvgIpc) is 2.74. The lowest BCUT2D eigenvalue weighted by Crippen LogP contribution is -2.17. The van der Waals surface area contributed by atoms with Gasteiger partial charge in [0.25, 0.3) is 0 Å². The largest absolute Gasteiger partial charge is 0.508 e. The molecule has 0 fully saturated rings. The fourth-order valence-electron chi connectivity index (χ4n) is 2.07. The molecule has 0 spiro atoms. The maximum Gasteiger partial charge on any atom is 0.115 e. The zero-order valence-corrected chi connectivity index (χ0v) is 13.2. The first-order valence-corrected chi connectivity index (χ1v) is 6.99. The van der Waals surface area contributed by atoms with E-state index in [1.807, 2.05) is 16.8 Å². The molecular formula is C17H24N2O. The minimum Gasteiger partial charge on any atom is -0.508 e. The van der Waals surface area contributed by atoms with Crippen LogP contribution >= 0.6 is 0 Å². The quantitative estimate of drug-likeness (QED) is 0.846. The molecule has 0 aliphatic rings. The van der Waals surface area contributed by atoms with Crippen LogP contribution in [0.1, 0.15) is 52.9 Å². The maximum atomic E-state index is 9.44. The van der Waals surface area contributed by atoms with E-state index >= 15 is 0 Å². The van der Waals surface area contributed by atoms with Gasteiger partial charge in [-0.25, -0.2) is 4.68 Å². The molecule has 0 unspecified atom stereocenters. The molecule has 2 aromatic rings. The van der Waals surface area contributed by atoms with E-state index in [2.05, 4.69) is 47.6 Å². The van der Waals surface area contributed by atoms with Crippen molar-refractivity contribution in [3.05, 3.63) is 41.7 Å². The van der Waals surface area contributed by atoms with E-state index in [1.165, 1.54) is 5.69 Å². The summed E-state index contributed by atoms with van der Waals surface area (Å²) in [5.41, 5.74) is 3.25. The molecule has 0 amide bonds. The Labute approximate surface area is 121 Å². The lowest BCUT2D eigenvalue weighted by atomic mass is 9.88. The highest BCUT2D eigenvalue weighted by atomic mass is 16.3. The molecule has 108 valence electrons. The molecule has 1 heterocycles. The Kier molecular flexibility index (Phi) is 3.41. The molecule has 2 rings (SSSR count). The Bertz CT molecular complexity index is 595. The lowest BCUT2D eigenvalue weighted by Gasteiger charge is -2.20. The van der Waals surface area contributed by atoms with Gasteiger partial charge in [-0.1, -0.05) is 41.5 Å². The number of benzene rings is 1. The standard InChI is InChI=1S/C17H24N2O/c1-16(2,3)14-11-15(17(4,5)6)19(18-14)12-7-9-13(20)10-8-12/h7-11,20H,1-6H3. The Morgan fingerprint density at radius 2 is 1.45 bits per heavy atom. The summed E-state index contributed by atoms with van der Waals surface area (Å²) in [5.74, 6) is 0.272. The first-order chi connectivity index (χ1) is 9.09. The smallest absolute Gasteiger partial charge is 0.115 e. The van der Waals surface area contributed by atoms with E-state index in [9.17, 15) is 5.11 Å². The highest BCUT2D eigenvalue weighted by Crippen LogP contribution is 2.30. The van der Waals surface area contributed by atoms with E-state index in [0.717, 1.165) is 11.4 Å². The van der Waals surface area contributed by atoms with Gasteiger partial charge in [-0.3, -0.25) is 0 Å². The van der Waals surface area contributed by atoms with Crippen LogP contribution in [-0.4, -0.2) is 14.9 Å². The third kappa shape index (κ3) is 2.87. The van der Waals surface area contributed by atoms with Crippen molar-refractivity contribution in [1.29, 1.82) is 0 Å². The first kappa shape index (κ1) is 14.6. The van der Waals surface area contributed by atoms with Crippen molar-refractivity contribution in [2.75, 3.05) is 0 Å². The average molecular weight is 272 g/mol. The molecule has 20 heavy (non-hydrogen) atoms. The number of aromatic nitrogens is 2. The van der Waals surface area contributed by atoms with Crippen LogP contribution in [-0.2, 0) is 10.8 Å². The third-order valence-electron chi connectivity index (χ3n) is 3.34. The summed E-state index contributed by atoms with van der Waals surface area (Å²) >= 11 is 0. The Balaban J connectivity index is 2.62. The van der Waals surface area contributed by atoms with Crippen molar-refractivity contribution in [3.63, 3.8) is 0 Å². The minimum atomic E-state index is 0.00832. The van der Waals surface area contributed by atoms with E-state index in [0.29, 0.717) is 0 Å². The molecule has 1 aromatic carbocycles. The van der Waals surface area contributed by atoms with Crippen LogP contribution in [0.4, 0.5) is 0 Å². The van der Waals surface area contributed by atoms with Crippen LogP contribution in [0.2, 0.25) is 0 Å². The van der Waals surface area contributed by atoms with Crippen molar-refractivity contribution in [3.8, 4) is 11.4 Å². The van der Waals surface area contributed by atoms with Gasteiger partial charge in [-0.15, -0.1) is 0 Å². The van der Waals surface area contributed by atoms with Gasteiger partial charge in [0.1, 0.15) is 5.75 Å². The van der Waals surface area contributed by atoms with Gasteiger partial charge in [0.2, 0.25) is 0 Å². The Morgan fingerprint density at radius 1 is 0.900 bits per heavy atom. The second-order valence-electron chi connectivity index (χ2n) is 7.34. The van der Waals surface area contributed by atoms with Gasteiger partial charge in [0.05, 0.1) is 11.4 Å². The molecule has 3 heteroatoms. The van der Waals surface area contributed by atoms with Crippen LogP contribution in [0, 0.1) is 0 Å². The lowest BCUT2D eigenvalue weighted by molar-refractivity contribution is 0.475. The molecule has 0 saturated heterocycles. The predicted octanol–water partition coefficient (Wildman–Crippen LogP) is 4.17. The predicted molar refractivity (Wildman–Crippen MR) is 82.6 cm³/mol. The molecule has 0 bridgehead atoms. The van der Waals surface area contributed by atoms with Gasteiger partial charge in [-0.05, 0) is 30.3 Å². The molecule has 0 saturated carbocycles. The molecule has 3 nitrogen and oxygen atoms in total. The van der Waals surface area contributed by atoms with Crippen LogP contribution in [0.15, 0.2) is 30.3 Å². The number of aromatic hydroxyl groups is 1. The second-order valence-corrected chi connectivity index (χ2v) is 7.34. The van der Waals surface area contributed by atoms with Crippen LogP contribution in [0.25, 0.3) is 5.69 Å². The van der Waals surface area contributed by atoms with E-state index in [1.54, 1.807) is 12.1 Å². The zero-order valence-electron chi connectivity index (χ0n) is 13.2. The molecule has 1 N–H and O–H groups in total. The fourth-order valence-corrected chi connectivity index (χ4v) is 2.07. The number of phenolic OH excluding ortho intramolecular Hbond substituents is 1. The fraction of sp³-hybridized carbons (Fsp3) is 0.471. The van der Waals surface area contributed by atoms with Crippen molar-refractivity contribution in [1.82, 2.24) is 9.78 Å².